The van der Waals surface area contributed by atoms with Crippen LogP contribution in [0, 0.1) is 5.41 Å². The van der Waals surface area contributed by atoms with Gasteiger partial charge in [0.05, 0.1) is 6.10 Å². The molecule has 0 heterocycles. The minimum absolute atomic E-state index is 0.131. The van der Waals surface area contributed by atoms with Gasteiger partial charge in [0.1, 0.15) is 0 Å². The van der Waals surface area contributed by atoms with Crippen LogP contribution in [-0.2, 0) is 0 Å². The van der Waals surface area contributed by atoms with Crippen LogP contribution in [0.15, 0.2) is 0 Å². The lowest BCUT2D eigenvalue weighted by molar-refractivity contribution is 0.0824. The van der Waals surface area contributed by atoms with Crippen molar-refractivity contribution >= 4 is 0 Å². The predicted octanol–water partition coefficient (Wildman–Crippen LogP) is 0.776. The van der Waals surface area contributed by atoms with Crippen molar-refractivity contribution in [2.24, 2.45) is 5.41 Å². The number of aliphatic hydroxyl groups excluding tert-OH is 2. The molecule has 2 nitrogen and oxygen atoms in total. The minimum atomic E-state index is -0.313. The highest BCUT2D eigenvalue weighted by molar-refractivity contribution is 4.69. The smallest absolute Gasteiger partial charge is 0.0518 e. The molecular formula is C7H16O2. The molecule has 0 radical (unpaired) electrons. The Kier molecular flexibility index (Phi) is 3.15. The highest BCUT2D eigenvalue weighted by Crippen LogP contribution is 2.20. The Morgan fingerprint density at radius 2 is 1.89 bits per heavy atom. The van der Waals surface area contributed by atoms with E-state index in [1.807, 2.05) is 13.8 Å². The van der Waals surface area contributed by atoms with Crippen molar-refractivity contribution in [3.8, 4) is 0 Å². The number of aliphatic hydroxyl groups is 2. The van der Waals surface area contributed by atoms with E-state index in [2.05, 4.69) is 0 Å². The van der Waals surface area contributed by atoms with Crippen LogP contribution in [0.2, 0.25) is 0 Å². The van der Waals surface area contributed by atoms with Crippen molar-refractivity contribution in [1.29, 1.82) is 0 Å². The molecule has 0 fully saturated rings. The minimum Gasteiger partial charge on any atom is -0.396 e. The van der Waals surface area contributed by atoms with Crippen LogP contribution in [0.1, 0.15) is 27.2 Å². The summed E-state index contributed by atoms with van der Waals surface area (Å²) >= 11 is 0. The van der Waals surface area contributed by atoms with E-state index in [9.17, 15) is 0 Å². The Hall–Kier alpha value is -0.0800. The normalized spacial score (nSPS) is 15.7. The summed E-state index contributed by atoms with van der Waals surface area (Å²) in [7, 11) is 0. The van der Waals surface area contributed by atoms with Crippen LogP contribution in [0.3, 0.4) is 0 Å². The van der Waals surface area contributed by atoms with Gasteiger partial charge >= 0.3 is 0 Å². The van der Waals surface area contributed by atoms with Crippen LogP contribution in [-0.4, -0.2) is 22.9 Å². The van der Waals surface area contributed by atoms with Crippen molar-refractivity contribution in [3.05, 3.63) is 0 Å². The van der Waals surface area contributed by atoms with Gasteiger partial charge in [-0.25, -0.2) is 0 Å². The summed E-state index contributed by atoms with van der Waals surface area (Å²) in [6.45, 7) is 5.73. The molecule has 0 saturated carbocycles. The van der Waals surface area contributed by atoms with Crippen LogP contribution in [0.5, 0.6) is 0 Å². The Balaban J connectivity index is 3.58. The van der Waals surface area contributed by atoms with Gasteiger partial charge in [-0.2, -0.15) is 0 Å². The maximum absolute atomic E-state index is 8.91. The summed E-state index contributed by atoms with van der Waals surface area (Å²) in [6.07, 6.45) is 0.343. The number of hydrogen-bond donors (Lipinski definition) is 2. The second-order valence-electron chi connectivity index (χ2n) is 3.38. The highest BCUT2D eigenvalue weighted by Gasteiger charge is 2.18. The topological polar surface area (TPSA) is 40.5 Å². The number of hydrogen-bond acceptors (Lipinski definition) is 2. The SMILES string of the molecule is CC(O)CC(C)(C)CO. The van der Waals surface area contributed by atoms with E-state index in [-0.39, 0.29) is 18.1 Å². The molecule has 9 heavy (non-hydrogen) atoms. The average molecular weight is 132 g/mol. The lowest BCUT2D eigenvalue weighted by Gasteiger charge is -2.22. The zero-order valence-electron chi connectivity index (χ0n) is 6.39. The van der Waals surface area contributed by atoms with Gasteiger partial charge in [-0.1, -0.05) is 13.8 Å². The maximum Gasteiger partial charge on any atom is 0.0518 e. The molecule has 0 aliphatic heterocycles. The number of rotatable bonds is 3. The summed E-state index contributed by atoms with van der Waals surface area (Å²) in [4.78, 5) is 0. The lowest BCUT2D eigenvalue weighted by atomic mass is 9.88. The summed E-state index contributed by atoms with van der Waals surface area (Å²) in [6, 6.07) is 0. The third kappa shape index (κ3) is 4.43. The molecule has 0 aromatic carbocycles. The molecule has 1 atom stereocenters. The Morgan fingerprint density at radius 3 is 2.00 bits per heavy atom. The third-order valence-corrected chi connectivity index (χ3v) is 1.28. The average Bonchev–Trinajstić information content (AvgIpc) is 1.63. The molecule has 0 aliphatic carbocycles. The zero-order valence-corrected chi connectivity index (χ0v) is 6.39. The van der Waals surface area contributed by atoms with Gasteiger partial charge in [0.15, 0.2) is 0 Å². The van der Waals surface area contributed by atoms with Crippen LogP contribution >= 0.6 is 0 Å². The summed E-state index contributed by atoms with van der Waals surface area (Å²) in [5.41, 5.74) is -0.131. The standard InChI is InChI=1S/C7H16O2/c1-6(9)4-7(2,3)5-8/h6,8-9H,4-5H2,1-3H3. The molecular weight excluding hydrogens is 116 g/mol. The molecule has 0 amide bonds. The lowest BCUT2D eigenvalue weighted by Crippen LogP contribution is -2.22. The molecule has 0 aromatic heterocycles. The van der Waals surface area contributed by atoms with Crippen molar-refractivity contribution in [2.45, 2.75) is 33.3 Å². The summed E-state index contributed by atoms with van der Waals surface area (Å²) in [5.74, 6) is 0. The van der Waals surface area contributed by atoms with Crippen LogP contribution in [0.4, 0.5) is 0 Å². The Labute approximate surface area is 56.5 Å². The van der Waals surface area contributed by atoms with Gasteiger partial charge in [-0.3, -0.25) is 0 Å². The van der Waals surface area contributed by atoms with Gasteiger partial charge < -0.3 is 10.2 Å². The van der Waals surface area contributed by atoms with Crippen molar-refractivity contribution in [1.82, 2.24) is 0 Å². The Bertz CT molecular complexity index is 77.0. The van der Waals surface area contributed by atoms with Gasteiger partial charge in [0.2, 0.25) is 0 Å². The molecule has 56 valence electrons. The van der Waals surface area contributed by atoms with E-state index in [1.54, 1.807) is 6.92 Å². The fraction of sp³-hybridized carbons (Fsp3) is 1.00. The second-order valence-corrected chi connectivity index (χ2v) is 3.38. The molecule has 1 unspecified atom stereocenters. The van der Waals surface area contributed by atoms with Gasteiger partial charge in [-0.15, -0.1) is 0 Å². The van der Waals surface area contributed by atoms with Gasteiger partial charge in [0, 0.05) is 6.61 Å². The predicted molar refractivity (Wildman–Crippen MR) is 37.2 cm³/mol. The van der Waals surface area contributed by atoms with Gasteiger partial charge in [0.25, 0.3) is 0 Å². The van der Waals surface area contributed by atoms with Crippen LogP contribution in [0.25, 0.3) is 0 Å². The molecule has 0 rings (SSSR count). The quantitative estimate of drug-likeness (QED) is 0.595. The van der Waals surface area contributed by atoms with Crippen molar-refractivity contribution < 1.29 is 10.2 Å². The van der Waals surface area contributed by atoms with E-state index < -0.39 is 0 Å². The molecule has 0 aromatic rings. The fourth-order valence-electron chi connectivity index (χ4n) is 0.864. The van der Waals surface area contributed by atoms with E-state index in [0.717, 1.165) is 0 Å². The largest absolute Gasteiger partial charge is 0.396 e. The van der Waals surface area contributed by atoms with E-state index in [4.69, 9.17) is 10.2 Å². The van der Waals surface area contributed by atoms with E-state index in [0.29, 0.717) is 6.42 Å². The second kappa shape index (κ2) is 3.18. The van der Waals surface area contributed by atoms with Crippen LogP contribution < -0.4 is 0 Å². The maximum atomic E-state index is 8.91. The monoisotopic (exact) mass is 132 g/mol. The summed E-state index contributed by atoms with van der Waals surface area (Å²) < 4.78 is 0. The first kappa shape index (κ1) is 8.92. The molecule has 0 spiro atoms. The first-order valence-corrected chi connectivity index (χ1v) is 3.27. The molecule has 0 bridgehead atoms. The molecule has 0 saturated heterocycles. The highest BCUT2D eigenvalue weighted by atomic mass is 16.3. The van der Waals surface area contributed by atoms with E-state index >= 15 is 0 Å². The first-order chi connectivity index (χ1) is 3.98. The molecule has 2 heteroatoms. The fourth-order valence-corrected chi connectivity index (χ4v) is 0.864. The first-order valence-electron chi connectivity index (χ1n) is 3.27. The van der Waals surface area contributed by atoms with Crippen molar-refractivity contribution in [2.75, 3.05) is 6.61 Å². The molecule has 0 aliphatic rings. The van der Waals surface area contributed by atoms with E-state index in [1.165, 1.54) is 0 Å². The Morgan fingerprint density at radius 1 is 1.44 bits per heavy atom. The van der Waals surface area contributed by atoms with Gasteiger partial charge in [-0.05, 0) is 18.8 Å². The molecule has 2 N–H and O–H groups in total. The zero-order chi connectivity index (χ0) is 7.49. The third-order valence-electron chi connectivity index (χ3n) is 1.28. The van der Waals surface area contributed by atoms with Crippen molar-refractivity contribution in [3.63, 3.8) is 0 Å². The summed E-state index contributed by atoms with van der Waals surface area (Å²) in [5, 5.41) is 17.6.